The number of halogens is 4. The molecule has 0 spiro atoms. The Hall–Kier alpha value is -4.83. The van der Waals surface area contributed by atoms with Gasteiger partial charge < -0.3 is 25.6 Å². The van der Waals surface area contributed by atoms with Gasteiger partial charge in [-0.2, -0.15) is 30.0 Å². The van der Waals surface area contributed by atoms with Crippen molar-refractivity contribution < 1.29 is 37.6 Å². The lowest BCUT2D eigenvalue weighted by molar-refractivity contribution is -0.137. The van der Waals surface area contributed by atoms with Crippen LogP contribution >= 0.6 is 23.4 Å². The highest BCUT2D eigenvalue weighted by Crippen LogP contribution is 2.35. The molecule has 54 heavy (non-hydrogen) atoms. The topological polar surface area (TPSA) is 143 Å². The number of carbonyl (C=O) groups is 3. The summed E-state index contributed by atoms with van der Waals surface area (Å²) in [6, 6.07) is 22.2. The fraction of sp³-hybridized carbons (Fsp3) is 0.263. The van der Waals surface area contributed by atoms with Crippen LogP contribution in [0, 0.1) is 0 Å². The normalized spacial score (nSPS) is 12.8. The van der Waals surface area contributed by atoms with Gasteiger partial charge in [0, 0.05) is 35.8 Å². The third kappa shape index (κ3) is 12.6. The second-order valence-electron chi connectivity index (χ2n) is 12.2. The lowest BCUT2D eigenvalue weighted by atomic mass is 9.80. The van der Waals surface area contributed by atoms with Gasteiger partial charge in [-0.15, -0.1) is 0 Å². The molecule has 0 radical (unpaired) electrons. The van der Waals surface area contributed by atoms with Crippen molar-refractivity contribution in [3.63, 3.8) is 0 Å². The Morgan fingerprint density at radius 2 is 1.70 bits per heavy atom. The number of hydrazone groups is 1. The molecular formula is C38H40BClF3N5O5S. The number of hydrogen-bond donors (Lipinski definition) is 5. The van der Waals surface area contributed by atoms with Crippen LogP contribution in [0.4, 0.5) is 30.2 Å². The van der Waals surface area contributed by atoms with Crippen LogP contribution in [-0.2, 0) is 16.7 Å². The fourth-order valence-electron chi connectivity index (χ4n) is 5.39. The molecule has 0 saturated carbocycles. The number of amides is 3. The number of carbonyl (C=O) groups excluding carboxylic acids is 3. The first-order chi connectivity index (χ1) is 25.9. The predicted molar refractivity (Wildman–Crippen MR) is 211 cm³/mol. The standard InChI is InChI=1S/C31H32ClF3N4O2S.C7H8BNO3/c1-2-15-42-20-22-7-6-8-23(16-22)29(40)37-28-12-10-24(39-13-4-3-5-14-39)18-25(28)30(41)38-36-19-21-9-11-27(32)26(17-21)31(33,34)35;10-5-9-7-3-1-6(2-4-7)8(11)12/h6-12,16-19H,2-5,13-15,20H2,1H3,(H,37,40)(H,38,41);1-5,11-12H,(H,9,10)/b36-19+;. The van der Waals surface area contributed by atoms with E-state index >= 15 is 0 Å². The van der Waals surface area contributed by atoms with E-state index in [4.69, 9.17) is 21.6 Å². The maximum absolute atomic E-state index is 13.3. The average Bonchev–Trinajstić information content (AvgIpc) is 3.16. The first kappa shape index (κ1) is 41.9. The Morgan fingerprint density at radius 3 is 2.37 bits per heavy atom. The Bertz CT molecular complexity index is 1910. The van der Waals surface area contributed by atoms with Crippen LogP contribution in [0.5, 0.6) is 0 Å². The highest BCUT2D eigenvalue weighted by Gasteiger charge is 2.33. The van der Waals surface area contributed by atoms with Gasteiger partial charge in [0.2, 0.25) is 6.41 Å². The molecule has 284 valence electrons. The van der Waals surface area contributed by atoms with Gasteiger partial charge in [0.15, 0.2) is 0 Å². The summed E-state index contributed by atoms with van der Waals surface area (Å²) in [5.41, 5.74) is 5.34. The largest absolute Gasteiger partial charge is 0.488 e. The van der Waals surface area contributed by atoms with Crippen molar-refractivity contribution >= 4 is 77.4 Å². The summed E-state index contributed by atoms with van der Waals surface area (Å²) >= 11 is 7.49. The van der Waals surface area contributed by atoms with Crippen LogP contribution in [-0.4, -0.2) is 60.4 Å². The second kappa shape index (κ2) is 20.6. The third-order valence-electron chi connectivity index (χ3n) is 8.13. The molecule has 1 heterocycles. The number of benzene rings is 4. The minimum absolute atomic E-state index is 0.111. The summed E-state index contributed by atoms with van der Waals surface area (Å²) in [6.07, 6.45) is 1.34. The van der Waals surface area contributed by atoms with Crippen molar-refractivity contribution in [1.82, 2.24) is 5.43 Å². The fourth-order valence-corrected chi connectivity index (χ4v) is 6.47. The molecular weight excluding hydrogens is 742 g/mol. The van der Waals surface area contributed by atoms with Crippen LogP contribution < -0.4 is 26.4 Å². The molecule has 1 aliphatic heterocycles. The number of nitrogens with zero attached hydrogens (tertiary/aromatic N) is 2. The van der Waals surface area contributed by atoms with E-state index < -0.39 is 29.8 Å². The SMILES string of the molecule is CCCSCc1cccc(C(=O)Nc2ccc(N3CCCCC3)cc2C(=O)N/N=C/c2ccc(Cl)c(C(F)(F)F)c2)c1.O=CNc1ccc(B(O)O)cc1. The molecule has 5 rings (SSSR count). The van der Waals surface area contributed by atoms with Crippen LogP contribution in [0.1, 0.15) is 70.0 Å². The zero-order valence-electron chi connectivity index (χ0n) is 29.4. The van der Waals surface area contributed by atoms with E-state index in [0.29, 0.717) is 28.8 Å². The van der Waals surface area contributed by atoms with Crippen molar-refractivity contribution in [3.05, 3.63) is 118 Å². The predicted octanol–water partition coefficient (Wildman–Crippen LogP) is 6.94. The van der Waals surface area contributed by atoms with Gasteiger partial charge in [-0.3, -0.25) is 14.4 Å². The molecule has 10 nitrogen and oxygen atoms in total. The number of rotatable bonds is 13. The van der Waals surface area contributed by atoms with E-state index in [0.717, 1.165) is 79.9 Å². The monoisotopic (exact) mass is 781 g/mol. The van der Waals surface area contributed by atoms with E-state index in [1.54, 1.807) is 42.1 Å². The Balaban J connectivity index is 0.000000460. The summed E-state index contributed by atoms with van der Waals surface area (Å²) in [5.74, 6) is 0.850. The minimum Gasteiger partial charge on any atom is -0.423 e. The van der Waals surface area contributed by atoms with E-state index in [2.05, 4.69) is 33.0 Å². The molecule has 3 amide bonds. The molecule has 0 unspecified atom stereocenters. The number of alkyl halides is 3. The van der Waals surface area contributed by atoms with Gasteiger partial charge in [-0.1, -0.05) is 48.9 Å². The number of piperidine rings is 1. The van der Waals surface area contributed by atoms with E-state index in [9.17, 15) is 27.6 Å². The molecule has 1 fully saturated rings. The summed E-state index contributed by atoms with van der Waals surface area (Å²) in [4.78, 5) is 38.7. The Morgan fingerprint density at radius 1 is 0.963 bits per heavy atom. The molecule has 1 saturated heterocycles. The Kier molecular flexibility index (Phi) is 16.0. The lowest BCUT2D eigenvalue weighted by Crippen LogP contribution is -2.30. The molecule has 0 aliphatic carbocycles. The first-order valence-corrected chi connectivity index (χ1v) is 18.7. The Labute approximate surface area is 321 Å². The summed E-state index contributed by atoms with van der Waals surface area (Å²) in [7, 11) is -1.46. The number of nitrogens with one attached hydrogen (secondary N) is 3. The van der Waals surface area contributed by atoms with Crippen molar-refractivity contribution in [2.45, 2.75) is 44.5 Å². The molecule has 0 atom stereocenters. The maximum Gasteiger partial charge on any atom is 0.488 e. The summed E-state index contributed by atoms with van der Waals surface area (Å²) in [5, 5.41) is 26.2. The van der Waals surface area contributed by atoms with E-state index in [-0.39, 0.29) is 17.0 Å². The maximum atomic E-state index is 13.3. The van der Waals surface area contributed by atoms with Gasteiger partial charge in [0.05, 0.1) is 28.1 Å². The quantitative estimate of drug-likeness (QED) is 0.0325. The van der Waals surface area contributed by atoms with Gasteiger partial charge in [-0.05, 0) is 103 Å². The molecule has 5 N–H and O–H groups in total. The van der Waals surface area contributed by atoms with Crippen LogP contribution in [0.15, 0.2) is 90.0 Å². The zero-order chi connectivity index (χ0) is 39.1. The van der Waals surface area contributed by atoms with Crippen molar-refractivity contribution in [2.24, 2.45) is 5.10 Å². The number of anilines is 3. The lowest BCUT2D eigenvalue weighted by Gasteiger charge is -2.29. The summed E-state index contributed by atoms with van der Waals surface area (Å²) < 4.78 is 39.6. The highest BCUT2D eigenvalue weighted by molar-refractivity contribution is 7.98. The molecule has 4 aromatic rings. The first-order valence-electron chi connectivity index (χ1n) is 17.1. The van der Waals surface area contributed by atoms with Gasteiger partial charge in [0.1, 0.15) is 0 Å². The van der Waals surface area contributed by atoms with Gasteiger partial charge in [-0.25, -0.2) is 5.43 Å². The molecule has 0 bridgehead atoms. The van der Waals surface area contributed by atoms with E-state index in [1.807, 2.05) is 24.3 Å². The second-order valence-corrected chi connectivity index (χ2v) is 13.7. The van der Waals surface area contributed by atoms with Crippen molar-refractivity contribution in [3.8, 4) is 0 Å². The van der Waals surface area contributed by atoms with Crippen LogP contribution in [0.2, 0.25) is 5.02 Å². The van der Waals surface area contributed by atoms with Crippen LogP contribution in [0.3, 0.4) is 0 Å². The number of thioether (sulfide) groups is 1. The highest BCUT2D eigenvalue weighted by atomic mass is 35.5. The minimum atomic E-state index is -4.62. The third-order valence-corrected chi connectivity index (χ3v) is 9.70. The average molecular weight is 782 g/mol. The smallest absolute Gasteiger partial charge is 0.423 e. The molecule has 4 aromatic carbocycles. The van der Waals surface area contributed by atoms with Gasteiger partial charge in [0.25, 0.3) is 11.8 Å². The molecule has 0 aromatic heterocycles. The number of hydrogen-bond acceptors (Lipinski definition) is 8. The zero-order valence-corrected chi connectivity index (χ0v) is 31.0. The van der Waals surface area contributed by atoms with Crippen molar-refractivity contribution in [2.75, 3.05) is 34.4 Å². The van der Waals surface area contributed by atoms with E-state index in [1.165, 1.54) is 18.2 Å². The molecule has 16 heteroatoms. The summed E-state index contributed by atoms with van der Waals surface area (Å²) in [6.45, 7) is 3.82. The van der Waals surface area contributed by atoms with Crippen LogP contribution in [0.25, 0.3) is 0 Å². The van der Waals surface area contributed by atoms with Gasteiger partial charge >= 0.3 is 13.3 Å². The molecule has 1 aliphatic rings. The van der Waals surface area contributed by atoms with Crippen molar-refractivity contribution in [1.29, 1.82) is 0 Å².